The van der Waals surface area contributed by atoms with Gasteiger partial charge in [-0.15, -0.1) is 0 Å². The number of fused-ring (bicyclic) bond motifs is 1. The molecule has 1 aliphatic rings. The number of benzene rings is 1. The zero-order valence-electron chi connectivity index (χ0n) is 12.5. The van der Waals surface area contributed by atoms with E-state index in [4.69, 9.17) is 4.42 Å². The molecule has 23 heavy (non-hydrogen) atoms. The van der Waals surface area contributed by atoms with Gasteiger partial charge in [-0.3, -0.25) is 9.78 Å². The van der Waals surface area contributed by atoms with Crippen molar-refractivity contribution < 1.29 is 9.21 Å². The smallest absolute Gasteiger partial charge is 0.299 e. The summed E-state index contributed by atoms with van der Waals surface area (Å²) in [4.78, 5) is 23.0. The lowest BCUT2D eigenvalue weighted by Gasteiger charge is -2.21. The molecule has 3 heterocycles. The minimum atomic E-state index is -0.275. The molecule has 0 spiro atoms. The summed E-state index contributed by atoms with van der Waals surface area (Å²) in [5.74, 6) is -0.0576. The van der Waals surface area contributed by atoms with Crippen LogP contribution in [0, 0.1) is 0 Å². The maximum atomic E-state index is 12.6. The molecule has 3 aromatic rings. The highest BCUT2D eigenvalue weighted by Gasteiger charge is 2.33. The maximum absolute atomic E-state index is 12.6. The van der Waals surface area contributed by atoms with Gasteiger partial charge in [0.2, 0.25) is 5.91 Å². The molecule has 0 radical (unpaired) electrons. The molecule has 1 unspecified atom stereocenters. The van der Waals surface area contributed by atoms with E-state index >= 15 is 0 Å². The van der Waals surface area contributed by atoms with Crippen LogP contribution in [0.4, 0.5) is 11.7 Å². The Morgan fingerprint density at radius 2 is 2.17 bits per heavy atom. The van der Waals surface area contributed by atoms with Gasteiger partial charge in [0, 0.05) is 12.7 Å². The van der Waals surface area contributed by atoms with Crippen LogP contribution in [0.1, 0.15) is 12.8 Å². The van der Waals surface area contributed by atoms with Crippen molar-refractivity contribution in [1.82, 2.24) is 9.97 Å². The van der Waals surface area contributed by atoms with Gasteiger partial charge in [0.05, 0.1) is 11.9 Å². The Labute approximate surface area is 133 Å². The first kappa shape index (κ1) is 13.8. The summed E-state index contributed by atoms with van der Waals surface area (Å²) in [5, 5.41) is 2.90. The number of carbonyl (C=O) groups is 1. The van der Waals surface area contributed by atoms with Crippen molar-refractivity contribution in [2.75, 3.05) is 16.8 Å². The Kier molecular flexibility index (Phi) is 3.42. The van der Waals surface area contributed by atoms with Crippen molar-refractivity contribution in [3.63, 3.8) is 0 Å². The van der Waals surface area contributed by atoms with Crippen molar-refractivity contribution >= 4 is 28.7 Å². The first-order valence-electron chi connectivity index (χ1n) is 7.64. The number of hydrogen-bond acceptors (Lipinski definition) is 5. The van der Waals surface area contributed by atoms with Crippen LogP contribution < -0.4 is 10.2 Å². The molecule has 0 saturated carbocycles. The number of hydrogen-bond donors (Lipinski definition) is 1. The van der Waals surface area contributed by atoms with Gasteiger partial charge >= 0.3 is 0 Å². The molecule has 4 rings (SSSR count). The average molecular weight is 308 g/mol. The highest BCUT2D eigenvalue weighted by atomic mass is 16.4. The van der Waals surface area contributed by atoms with E-state index in [1.54, 1.807) is 18.5 Å². The molecule has 1 atom stereocenters. The predicted molar refractivity (Wildman–Crippen MR) is 87.2 cm³/mol. The van der Waals surface area contributed by atoms with Gasteiger partial charge in [-0.2, -0.15) is 4.98 Å². The number of nitrogens with zero attached hydrogens (tertiary/aromatic N) is 3. The van der Waals surface area contributed by atoms with Crippen LogP contribution in [0.25, 0.3) is 11.1 Å². The summed E-state index contributed by atoms with van der Waals surface area (Å²) in [6.07, 6.45) is 5.03. The number of rotatable bonds is 3. The monoisotopic (exact) mass is 308 g/mol. The fraction of sp³-hybridized carbons (Fsp3) is 0.235. The lowest BCUT2D eigenvalue weighted by atomic mass is 10.2. The molecule has 2 aromatic heterocycles. The molecule has 0 aliphatic carbocycles. The molecule has 1 saturated heterocycles. The average Bonchev–Trinajstić information content (AvgIpc) is 3.22. The van der Waals surface area contributed by atoms with Crippen LogP contribution >= 0.6 is 0 Å². The van der Waals surface area contributed by atoms with Crippen LogP contribution in [0.15, 0.2) is 53.2 Å². The second-order valence-electron chi connectivity index (χ2n) is 5.55. The van der Waals surface area contributed by atoms with Crippen molar-refractivity contribution in [2.24, 2.45) is 0 Å². The van der Waals surface area contributed by atoms with E-state index in [0.717, 1.165) is 30.5 Å². The van der Waals surface area contributed by atoms with E-state index in [-0.39, 0.29) is 11.9 Å². The fourth-order valence-electron chi connectivity index (χ4n) is 2.91. The lowest BCUT2D eigenvalue weighted by Crippen LogP contribution is -2.39. The second-order valence-corrected chi connectivity index (χ2v) is 5.55. The largest absolute Gasteiger partial charge is 0.423 e. The zero-order valence-corrected chi connectivity index (χ0v) is 12.5. The molecule has 0 bridgehead atoms. The van der Waals surface area contributed by atoms with E-state index in [1.165, 1.54) is 0 Å². The summed E-state index contributed by atoms with van der Waals surface area (Å²) in [6, 6.07) is 11.5. The Bertz CT molecular complexity index is 798. The normalized spacial score (nSPS) is 17.6. The molecular formula is C17H16N4O2. The van der Waals surface area contributed by atoms with E-state index in [9.17, 15) is 4.79 Å². The highest BCUT2D eigenvalue weighted by molar-refractivity contribution is 5.97. The second kappa shape index (κ2) is 5.72. The third kappa shape index (κ3) is 2.63. The number of anilines is 2. The lowest BCUT2D eigenvalue weighted by molar-refractivity contribution is -0.117. The standard InChI is InChI=1S/C17H16N4O2/c22-16(19-12-5-3-9-18-11-12)14-7-4-10-21(14)17-20-13-6-1-2-8-15(13)23-17/h1-3,5-6,8-9,11,14H,4,7,10H2,(H,19,22). The van der Waals surface area contributed by atoms with Gasteiger partial charge in [0.15, 0.2) is 5.58 Å². The van der Waals surface area contributed by atoms with Gasteiger partial charge in [-0.25, -0.2) is 0 Å². The van der Waals surface area contributed by atoms with Crippen LogP contribution in [0.2, 0.25) is 0 Å². The quantitative estimate of drug-likeness (QED) is 0.805. The van der Waals surface area contributed by atoms with Gasteiger partial charge in [0.1, 0.15) is 11.6 Å². The summed E-state index contributed by atoms with van der Waals surface area (Å²) < 4.78 is 5.81. The number of amides is 1. The SMILES string of the molecule is O=C(Nc1cccnc1)C1CCCN1c1nc2ccccc2o1. The number of oxazole rings is 1. The predicted octanol–water partition coefficient (Wildman–Crippen LogP) is 2.83. The van der Waals surface area contributed by atoms with Crippen molar-refractivity contribution in [3.8, 4) is 0 Å². The third-order valence-corrected chi connectivity index (χ3v) is 4.01. The first-order chi connectivity index (χ1) is 11.3. The summed E-state index contributed by atoms with van der Waals surface area (Å²) in [7, 11) is 0. The molecule has 1 N–H and O–H groups in total. The Morgan fingerprint density at radius 1 is 1.26 bits per heavy atom. The number of para-hydroxylation sites is 2. The van der Waals surface area contributed by atoms with Gasteiger partial charge in [-0.05, 0) is 37.1 Å². The van der Waals surface area contributed by atoms with Crippen LogP contribution in [-0.4, -0.2) is 28.5 Å². The molecule has 1 aliphatic heterocycles. The number of carbonyl (C=O) groups excluding carboxylic acids is 1. The van der Waals surface area contributed by atoms with Crippen molar-refractivity contribution in [3.05, 3.63) is 48.8 Å². The van der Waals surface area contributed by atoms with Crippen LogP contribution in [0.5, 0.6) is 0 Å². The van der Waals surface area contributed by atoms with E-state index in [0.29, 0.717) is 11.7 Å². The molecule has 116 valence electrons. The number of nitrogens with one attached hydrogen (secondary N) is 1. The Hall–Kier alpha value is -2.89. The topological polar surface area (TPSA) is 71.3 Å². The molecular weight excluding hydrogens is 292 g/mol. The van der Waals surface area contributed by atoms with Crippen LogP contribution in [0.3, 0.4) is 0 Å². The summed E-state index contributed by atoms with van der Waals surface area (Å²) in [6.45, 7) is 0.762. The Morgan fingerprint density at radius 3 is 3.00 bits per heavy atom. The number of aromatic nitrogens is 2. The van der Waals surface area contributed by atoms with E-state index < -0.39 is 0 Å². The number of pyridine rings is 1. The van der Waals surface area contributed by atoms with Crippen LogP contribution in [-0.2, 0) is 4.79 Å². The minimum absolute atomic E-state index is 0.0576. The van der Waals surface area contributed by atoms with E-state index in [2.05, 4.69) is 15.3 Å². The summed E-state index contributed by atoms with van der Waals surface area (Å²) >= 11 is 0. The molecule has 6 heteroatoms. The van der Waals surface area contributed by atoms with Gasteiger partial charge < -0.3 is 14.6 Å². The molecule has 1 fully saturated rings. The first-order valence-corrected chi connectivity index (χ1v) is 7.64. The van der Waals surface area contributed by atoms with Crippen molar-refractivity contribution in [1.29, 1.82) is 0 Å². The fourth-order valence-corrected chi connectivity index (χ4v) is 2.91. The Balaban J connectivity index is 1.57. The summed E-state index contributed by atoms with van der Waals surface area (Å²) in [5.41, 5.74) is 2.24. The third-order valence-electron chi connectivity index (χ3n) is 4.01. The van der Waals surface area contributed by atoms with Gasteiger partial charge in [0.25, 0.3) is 6.01 Å². The molecule has 6 nitrogen and oxygen atoms in total. The zero-order chi connectivity index (χ0) is 15.6. The van der Waals surface area contributed by atoms with Crippen molar-refractivity contribution in [2.45, 2.75) is 18.9 Å². The maximum Gasteiger partial charge on any atom is 0.299 e. The highest BCUT2D eigenvalue weighted by Crippen LogP contribution is 2.28. The molecule has 1 amide bonds. The van der Waals surface area contributed by atoms with Gasteiger partial charge in [-0.1, -0.05) is 12.1 Å². The van der Waals surface area contributed by atoms with E-state index in [1.807, 2.05) is 35.2 Å². The minimum Gasteiger partial charge on any atom is -0.423 e. The molecule has 1 aromatic carbocycles.